The van der Waals surface area contributed by atoms with E-state index in [4.69, 9.17) is 10.00 Å². The van der Waals surface area contributed by atoms with Gasteiger partial charge in [-0.05, 0) is 24.1 Å². The molecule has 1 aromatic carbocycles. The van der Waals surface area contributed by atoms with Crippen LogP contribution in [0.25, 0.3) is 11.3 Å². The van der Waals surface area contributed by atoms with Crippen LogP contribution in [0.2, 0.25) is 0 Å². The van der Waals surface area contributed by atoms with E-state index in [2.05, 4.69) is 0 Å². The van der Waals surface area contributed by atoms with Gasteiger partial charge in [0, 0.05) is 0 Å². The van der Waals surface area contributed by atoms with Crippen molar-refractivity contribution in [2.45, 2.75) is 19.4 Å². The van der Waals surface area contributed by atoms with Crippen LogP contribution < -0.4 is 5.56 Å². The minimum Gasteiger partial charge on any atom is -0.467 e. The van der Waals surface area contributed by atoms with E-state index in [1.165, 1.54) is 17.7 Å². The zero-order chi connectivity index (χ0) is 16.1. The second-order valence-corrected chi connectivity index (χ2v) is 4.73. The fraction of sp³-hybridized carbons (Fsp3) is 0.235. The fourth-order valence-corrected chi connectivity index (χ4v) is 2.38. The third kappa shape index (κ3) is 2.77. The number of aromatic nitrogens is 1. The molecule has 112 valence electrons. The first-order valence-corrected chi connectivity index (χ1v) is 6.93. The number of nitriles is 1. The smallest absolute Gasteiger partial charge is 0.328 e. The highest BCUT2D eigenvalue weighted by molar-refractivity contribution is 5.75. The Kier molecular flexibility index (Phi) is 4.74. The Morgan fingerprint density at radius 3 is 2.50 bits per heavy atom. The van der Waals surface area contributed by atoms with E-state index in [9.17, 15) is 9.59 Å². The summed E-state index contributed by atoms with van der Waals surface area (Å²) in [6.45, 7) is 1.79. The highest BCUT2D eigenvalue weighted by Crippen LogP contribution is 2.23. The van der Waals surface area contributed by atoms with Gasteiger partial charge in [-0.25, -0.2) is 4.79 Å². The maximum absolute atomic E-state index is 12.5. The number of nitrogens with zero attached hydrogens (tertiary/aromatic N) is 2. The van der Waals surface area contributed by atoms with Gasteiger partial charge in [-0.15, -0.1) is 0 Å². The SMILES string of the molecule is CCC(C(=O)OC)n1c(-c2ccccc2)ccc(C#N)c1=O. The summed E-state index contributed by atoms with van der Waals surface area (Å²) in [5.74, 6) is -0.503. The molecule has 1 aromatic heterocycles. The number of carbonyl (C=O) groups excluding carboxylic acids is 1. The van der Waals surface area contributed by atoms with Crippen LogP contribution in [-0.2, 0) is 9.53 Å². The largest absolute Gasteiger partial charge is 0.467 e. The minimum absolute atomic E-state index is 0.00188. The van der Waals surface area contributed by atoms with Gasteiger partial charge in [-0.2, -0.15) is 5.26 Å². The molecule has 22 heavy (non-hydrogen) atoms. The van der Waals surface area contributed by atoms with Gasteiger partial charge in [0.1, 0.15) is 17.7 Å². The van der Waals surface area contributed by atoms with E-state index in [-0.39, 0.29) is 5.56 Å². The van der Waals surface area contributed by atoms with Crippen LogP contribution in [-0.4, -0.2) is 17.6 Å². The highest BCUT2D eigenvalue weighted by Gasteiger charge is 2.24. The first-order chi connectivity index (χ1) is 10.6. The van der Waals surface area contributed by atoms with Gasteiger partial charge in [0.05, 0.1) is 12.8 Å². The van der Waals surface area contributed by atoms with E-state index in [0.29, 0.717) is 12.1 Å². The molecular weight excluding hydrogens is 280 g/mol. The fourth-order valence-electron chi connectivity index (χ4n) is 2.38. The molecule has 5 heteroatoms. The van der Waals surface area contributed by atoms with Crippen LogP contribution in [0.1, 0.15) is 24.9 Å². The molecule has 0 radical (unpaired) electrons. The number of carbonyl (C=O) groups is 1. The van der Waals surface area contributed by atoms with E-state index >= 15 is 0 Å². The molecule has 0 aliphatic heterocycles. The number of hydrogen-bond donors (Lipinski definition) is 0. The topological polar surface area (TPSA) is 72.1 Å². The van der Waals surface area contributed by atoms with Gasteiger partial charge in [0.2, 0.25) is 0 Å². The van der Waals surface area contributed by atoms with E-state index in [0.717, 1.165) is 5.56 Å². The summed E-state index contributed by atoms with van der Waals surface area (Å²) in [6, 6.07) is 13.5. The summed E-state index contributed by atoms with van der Waals surface area (Å²) < 4.78 is 6.14. The van der Waals surface area contributed by atoms with Crippen molar-refractivity contribution in [2.24, 2.45) is 0 Å². The van der Waals surface area contributed by atoms with Crippen LogP contribution >= 0.6 is 0 Å². The van der Waals surface area contributed by atoms with Gasteiger partial charge in [-0.1, -0.05) is 37.3 Å². The number of rotatable bonds is 4. The highest BCUT2D eigenvalue weighted by atomic mass is 16.5. The molecule has 1 atom stereocenters. The van der Waals surface area contributed by atoms with Gasteiger partial charge < -0.3 is 4.74 Å². The molecule has 5 nitrogen and oxygen atoms in total. The predicted molar refractivity (Wildman–Crippen MR) is 82.2 cm³/mol. The molecule has 0 bridgehead atoms. The Morgan fingerprint density at radius 1 is 1.27 bits per heavy atom. The summed E-state index contributed by atoms with van der Waals surface area (Å²) in [5.41, 5.74) is 0.899. The average molecular weight is 296 g/mol. The molecule has 0 saturated carbocycles. The summed E-state index contributed by atoms with van der Waals surface area (Å²) in [4.78, 5) is 24.6. The molecule has 0 saturated heterocycles. The van der Waals surface area contributed by atoms with Crippen molar-refractivity contribution in [3.05, 3.63) is 58.4 Å². The maximum atomic E-state index is 12.5. The first-order valence-electron chi connectivity index (χ1n) is 6.93. The predicted octanol–water partition coefficient (Wildman–Crippen LogP) is 2.51. The summed E-state index contributed by atoms with van der Waals surface area (Å²) >= 11 is 0. The van der Waals surface area contributed by atoms with Crippen molar-refractivity contribution in [2.75, 3.05) is 7.11 Å². The molecule has 0 aliphatic rings. The van der Waals surface area contributed by atoms with Crippen molar-refractivity contribution >= 4 is 5.97 Å². The molecule has 2 rings (SSSR count). The zero-order valence-electron chi connectivity index (χ0n) is 12.4. The zero-order valence-corrected chi connectivity index (χ0v) is 12.4. The maximum Gasteiger partial charge on any atom is 0.328 e. The second kappa shape index (κ2) is 6.72. The van der Waals surface area contributed by atoms with Crippen LogP contribution in [0.5, 0.6) is 0 Å². The van der Waals surface area contributed by atoms with Crippen LogP contribution in [0.15, 0.2) is 47.3 Å². The van der Waals surface area contributed by atoms with Crippen molar-refractivity contribution < 1.29 is 9.53 Å². The minimum atomic E-state index is -0.763. The van der Waals surface area contributed by atoms with E-state index < -0.39 is 17.6 Å². The third-order valence-electron chi connectivity index (χ3n) is 3.48. The van der Waals surface area contributed by atoms with E-state index in [1.54, 1.807) is 13.0 Å². The molecule has 0 amide bonds. The second-order valence-electron chi connectivity index (χ2n) is 4.73. The lowest BCUT2D eigenvalue weighted by atomic mass is 10.1. The number of pyridine rings is 1. The van der Waals surface area contributed by atoms with Gasteiger partial charge in [0.25, 0.3) is 5.56 Å². The summed E-state index contributed by atoms with van der Waals surface area (Å²) in [6.07, 6.45) is 0.390. The third-order valence-corrected chi connectivity index (χ3v) is 3.48. The van der Waals surface area contributed by atoms with Crippen LogP contribution in [0.3, 0.4) is 0 Å². The lowest BCUT2D eigenvalue weighted by Crippen LogP contribution is -2.32. The lowest BCUT2D eigenvalue weighted by Gasteiger charge is -2.20. The van der Waals surface area contributed by atoms with Crippen molar-refractivity contribution in [3.8, 4) is 17.3 Å². The monoisotopic (exact) mass is 296 g/mol. The number of hydrogen-bond acceptors (Lipinski definition) is 4. The molecule has 2 aromatic rings. The Balaban J connectivity index is 2.76. The lowest BCUT2D eigenvalue weighted by molar-refractivity contribution is -0.144. The quantitative estimate of drug-likeness (QED) is 0.813. The number of methoxy groups -OCH3 is 1. The Morgan fingerprint density at radius 2 is 1.95 bits per heavy atom. The molecule has 0 fully saturated rings. The number of ether oxygens (including phenoxy) is 1. The Bertz CT molecular complexity index is 773. The van der Waals surface area contributed by atoms with Gasteiger partial charge in [0.15, 0.2) is 0 Å². The van der Waals surface area contributed by atoms with Crippen LogP contribution in [0.4, 0.5) is 0 Å². The summed E-state index contributed by atoms with van der Waals surface area (Å²) in [7, 11) is 1.28. The molecule has 0 aliphatic carbocycles. The first kappa shape index (κ1) is 15.5. The Labute approximate surface area is 128 Å². The molecule has 1 unspecified atom stereocenters. The molecule has 0 N–H and O–H groups in total. The molecule has 1 heterocycles. The standard InChI is InChI=1S/C17H16N2O3/c1-3-14(17(21)22-2)19-15(12-7-5-4-6-8-12)10-9-13(11-18)16(19)20/h4-10,14H,3H2,1-2H3. The molecule has 0 spiro atoms. The average Bonchev–Trinajstić information content (AvgIpc) is 2.57. The number of esters is 1. The van der Waals surface area contributed by atoms with E-state index in [1.807, 2.05) is 36.4 Å². The molecular formula is C17H16N2O3. The normalized spacial score (nSPS) is 11.5. The summed E-state index contributed by atoms with van der Waals surface area (Å²) in [5, 5.41) is 9.08. The number of benzene rings is 1. The van der Waals surface area contributed by atoms with Crippen LogP contribution in [0, 0.1) is 11.3 Å². The van der Waals surface area contributed by atoms with Crippen molar-refractivity contribution in [1.29, 1.82) is 5.26 Å². The van der Waals surface area contributed by atoms with Crippen molar-refractivity contribution in [3.63, 3.8) is 0 Å². The van der Waals surface area contributed by atoms with Crippen molar-refractivity contribution in [1.82, 2.24) is 4.57 Å². The van der Waals surface area contributed by atoms with Gasteiger partial charge >= 0.3 is 5.97 Å². The Hall–Kier alpha value is -2.87. The van der Waals surface area contributed by atoms with Gasteiger partial charge in [-0.3, -0.25) is 9.36 Å².